The minimum Gasteiger partial charge on any atom is -0.444 e. The quantitative estimate of drug-likeness (QED) is 0.160. The van der Waals surface area contributed by atoms with E-state index >= 15 is 4.39 Å². The van der Waals surface area contributed by atoms with Crippen molar-refractivity contribution in [2.75, 3.05) is 26.8 Å². The van der Waals surface area contributed by atoms with Crippen LogP contribution in [0.5, 0.6) is 0 Å². The summed E-state index contributed by atoms with van der Waals surface area (Å²) < 4.78 is 28.2. The second-order valence-corrected chi connectivity index (χ2v) is 14.2. The number of alkyl carbamates (subject to hydrolysis) is 1. The van der Waals surface area contributed by atoms with Crippen LogP contribution in [0.2, 0.25) is 5.02 Å². The Morgan fingerprint density at radius 3 is 2.51 bits per heavy atom. The van der Waals surface area contributed by atoms with Crippen LogP contribution < -0.4 is 10.9 Å². The average Bonchev–Trinajstić information content (AvgIpc) is 3.35. The van der Waals surface area contributed by atoms with Crippen molar-refractivity contribution < 1.29 is 23.5 Å². The van der Waals surface area contributed by atoms with Gasteiger partial charge in [0, 0.05) is 75.1 Å². The number of H-pyrrole nitrogens is 1. The molecule has 0 aliphatic carbocycles. The zero-order chi connectivity index (χ0) is 35.3. The topological polar surface area (TPSA) is 106 Å². The van der Waals surface area contributed by atoms with Crippen LogP contribution in [-0.4, -0.2) is 64.9 Å². The molecule has 1 aliphatic heterocycles. The average molecular weight is 693 g/mol. The molecular formula is C38H46ClFN4O5. The van der Waals surface area contributed by atoms with Gasteiger partial charge in [-0.05, 0) is 93.8 Å². The number of piperidine rings is 1. The molecule has 2 aromatic carbocycles. The number of aromatic amines is 1. The number of nitrogens with zero attached hydrogens (tertiary/aromatic N) is 2. The second-order valence-electron chi connectivity index (χ2n) is 13.8. The molecule has 2 atom stereocenters. The van der Waals surface area contributed by atoms with Gasteiger partial charge in [-0.1, -0.05) is 35.9 Å². The number of hydrogen-bond acceptors (Lipinski definition) is 5. The molecule has 49 heavy (non-hydrogen) atoms. The Kier molecular flexibility index (Phi) is 11.5. The Hall–Kier alpha value is -4.15. The van der Waals surface area contributed by atoms with Gasteiger partial charge < -0.3 is 29.2 Å². The molecule has 1 aliphatic rings. The standard InChI is InChI=1S/C38H46ClFN4O5/c1-24-34-31(40)15-14-30(39)36(34)44(18-7-19-48-5)35(24)28-8-6-17-43(23-28)33(46)21-29(42-37(47)49-38(2,3)4)20-25-9-11-26(12-10-25)27-13-16-32(45)41-22-27/h9-16,22,28-29H,6-8,17-21,23H2,1-5H3,(H,41,45)(H,42,47)/t28?,29-/m1/s1. The second kappa shape index (κ2) is 15.6. The number of aromatic nitrogens is 2. The molecule has 2 amide bonds. The van der Waals surface area contributed by atoms with Crippen LogP contribution in [0, 0.1) is 12.7 Å². The predicted octanol–water partition coefficient (Wildman–Crippen LogP) is 7.37. The van der Waals surface area contributed by atoms with Gasteiger partial charge in [0.05, 0.1) is 10.5 Å². The van der Waals surface area contributed by atoms with Gasteiger partial charge in [0.25, 0.3) is 0 Å². The van der Waals surface area contributed by atoms with Crippen LogP contribution in [-0.2, 0) is 27.2 Å². The molecule has 1 saturated heterocycles. The number of rotatable bonds is 11. The highest BCUT2D eigenvalue weighted by Gasteiger charge is 2.32. The molecule has 5 rings (SSSR count). The van der Waals surface area contributed by atoms with E-state index in [-0.39, 0.29) is 29.6 Å². The van der Waals surface area contributed by atoms with Gasteiger partial charge in [0.2, 0.25) is 11.5 Å². The molecule has 1 fully saturated rings. The molecule has 0 bridgehead atoms. The van der Waals surface area contributed by atoms with E-state index in [1.54, 1.807) is 46.2 Å². The third kappa shape index (κ3) is 8.91. The highest BCUT2D eigenvalue weighted by Crippen LogP contribution is 2.39. The van der Waals surface area contributed by atoms with E-state index in [1.165, 1.54) is 12.1 Å². The Labute approximate surface area is 291 Å². The fourth-order valence-corrected chi connectivity index (χ4v) is 7.12. The number of pyridine rings is 1. The molecule has 1 unspecified atom stereocenters. The number of nitrogens with one attached hydrogen (secondary N) is 2. The predicted molar refractivity (Wildman–Crippen MR) is 191 cm³/mol. The summed E-state index contributed by atoms with van der Waals surface area (Å²) in [4.78, 5) is 42.9. The summed E-state index contributed by atoms with van der Waals surface area (Å²) in [5, 5.41) is 3.96. The lowest BCUT2D eigenvalue weighted by atomic mass is 9.91. The van der Waals surface area contributed by atoms with E-state index in [2.05, 4.69) is 14.9 Å². The van der Waals surface area contributed by atoms with Gasteiger partial charge in [-0.15, -0.1) is 0 Å². The van der Waals surface area contributed by atoms with E-state index in [4.69, 9.17) is 21.1 Å². The van der Waals surface area contributed by atoms with E-state index in [9.17, 15) is 14.4 Å². The number of ether oxygens (including phenoxy) is 2. The number of aryl methyl sites for hydroxylation is 2. The number of likely N-dealkylation sites (tertiary alicyclic amines) is 1. The molecule has 0 saturated carbocycles. The smallest absolute Gasteiger partial charge is 0.407 e. The first-order valence-electron chi connectivity index (χ1n) is 16.9. The molecule has 2 aromatic heterocycles. The van der Waals surface area contributed by atoms with Gasteiger partial charge in [-0.2, -0.15) is 0 Å². The van der Waals surface area contributed by atoms with Crippen molar-refractivity contribution in [1.82, 2.24) is 19.8 Å². The fourth-order valence-electron chi connectivity index (χ4n) is 6.86. The summed E-state index contributed by atoms with van der Waals surface area (Å²) in [5.74, 6) is -0.393. The maximum Gasteiger partial charge on any atom is 0.407 e. The molecule has 4 aromatic rings. The summed E-state index contributed by atoms with van der Waals surface area (Å²) >= 11 is 6.66. The van der Waals surface area contributed by atoms with Crippen LogP contribution in [0.4, 0.5) is 9.18 Å². The summed E-state index contributed by atoms with van der Waals surface area (Å²) in [5.41, 5.74) is 4.42. The molecule has 262 valence electrons. The number of hydrogen-bond donors (Lipinski definition) is 2. The molecule has 3 heterocycles. The normalized spacial score (nSPS) is 15.7. The number of carbonyl (C=O) groups is 2. The number of carbonyl (C=O) groups excluding carboxylic acids is 2. The molecule has 0 radical (unpaired) electrons. The van der Waals surface area contributed by atoms with Gasteiger partial charge in [-0.25, -0.2) is 9.18 Å². The van der Waals surface area contributed by atoms with Crippen molar-refractivity contribution in [3.8, 4) is 11.1 Å². The van der Waals surface area contributed by atoms with Gasteiger partial charge in [0.1, 0.15) is 11.4 Å². The number of benzene rings is 2. The van der Waals surface area contributed by atoms with Crippen molar-refractivity contribution in [1.29, 1.82) is 0 Å². The van der Waals surface area contributed by atoms with Crippen molar-refractivity contribution >= 4 is 34.5 Å². The Morgan fingerprint density at radius 1 is 1.10 bits per heavy atom. The van der Waals surface area contributed by atoms with Crippen LogP contribution in [0.3, 0.4) is 0 Å². The molecule has 2 N–H and O–H groups in total. The maximum atomic E-state index is 15.2. The van der Waals surface area contributed by atoms with Crippen molar-refractivity contribution in [3.63, 3.8) is 0 Å². The Bertz CT molecular complexity index is 1830. The molecule has 11 heteroatoms. The van der Waals surface area contributed by atoms with Gasteiger partial charge in [-0.3, -0.25) is 9.59 Å². The Morgan fingerprint density at radius 2 is 1.84 bits per heavy atom. The molecule has 9 nitrogen and oxygen atoms in total. The van der Waals surface area contributed by atoms with E-state index in [0.717, 1.165) is 47.2 Å². The number of methoxy groups -OCH3 is 1. The lowest BCUT2D eigenvalue weighted by molar-refractivity contribution is -0.132. The van der Waals surface area contributed by atoms with Crippen molar-refractivity contribution in [3.05, 3.63) is 92.7 Å². The summed E-state index contributed by atoms with van der Waals surface area (Å²) in [7, 11) is 1.66. The largest absolute Gasteiger partial charge is 0.444 e. The lowest BCUT2D eigenvalue weighted by Crippen LogP contribution is -2.46. The SMILES string of the molecule is COCCCn1c(C2CCCN(C(=O)C[C@@H](Cc3ccc(-c4ccc(=O)[nH]c4)cc3)NC(=O)OC(C)(C)C)C2)c(C)c2c(F)ccc(Cl)c21. The number of amides is 2. The minimum atomic E-state index is -0.695. The van der Waals surface area contributed by atoms with Crippen LogP contribution in [0.25, 0.3) is 22.0 Å². The van der Waals surface area contributed by atoms with E-state index in [0.29, 0.717) is 48.6 Å². The fraction of sp³-hybridized carbons (Fsp3) is 0.447. The van der Waals surface area contributed by atoms with Crippen molar-refractivity contribution in [2.45, 2.75) is 83.9 Å². The van der Waals surface area contributed by atoms with E-state index < -0.39 is 17.7 Å². The zero-order valence-corrected chi connectivity index (χ0v) is 29.7. The van der Waals surface area contributed by atoms with Gasteiger partial charge in [0.15, 0.2) is 0 Å². The summed E-state index contributed by atoms with van der Waals surface area (Å²) in [6.07, 6.45) is 3.97. The van der Waals surface area contributed by atoms with Gasteiger partial charge >= 0.3 is 6.09 Å². The maximum absolute atomic E-state index is 15.2. The highest BCUT2D eigenvalue weighted by molar-refractivity contribution is 6.35. The lowest BCUT2D eigenvalue weighted by Gasteiger charge is -2.35. The van der Waals surface area contributed by atoms with Crippen LogP contribution in [0.1, 0.15) is 69.2 Å². The molecule has 0 spiro atoms. The van der Waals surface area contributed by atoms with Crippen molar-refractivity contribution in [2.24, 2.45) is 0 Å². The first-order valence-corrected chi connectivity index (χ1v) is 17.2. The molecular weight excluding hydrogens is 647 g/mol. The third-order valence-electron chi connectivity index (χ3n) is 8.98. The Balaban J connectivity index is 1.36. The third-order valence-corrected chi connectivity index (χ3v) is 9.29. The highest BCUT2D eigenvalue weighted by atomic mass is 35.5. The first-order chi connectivity index (χ1) is 23.3. The van der Waals surface area contributed by atoms with Crippen LogP contribution >= 0.6 is 11.6 Å². The van der Waals surface area contributed by atoms with Crippen LogP contribution in [0.15, 0.2) is 59.5 Å². The number of halogens is 2. The zero-order valence-electron chi connectivity index (χ0n) is 28.9. The van der Waals surface area contributed by atoms with E-state index in [1.807, 2.05) is 36.1 Å². The monoisotopic (exact) mass is 692 g/mol. The summed E-state index contributed by atoms with van der Waals surface area (Å²) in [6.45, 7) is 9.58. The first kappa shape index (κ1) is 36.1. The summed E-state index contributed by atoms with van der Waals surface area (Å²) in [6, 6.07) is 13.6. The minimum absolute atomic E-state index is 0.0131. The number of fused-ring (bicyclic) bond motifs is 1.